The number of ether oxygens (including phenoxy) is 1. The normalized spacial score (nSPS) is 19.0. The van der Waals surface area contributed by atoms with Crippen LogP contribution in [0.1, 0.15) is 25.7 Å². The van der Waals surface area contributed by atoms with Crippen LogP contribution < -0.4 is 10.6 Å². The molecule has 0 unspecified atom stereocenters. The van der Waals surface area contributed by atoms with Crippen LogP contribution in [-0.4, -0.2) is 36.7 Å². The fourth-order valence-corrected chi connectivity index (χ4v) is 1.54. The molecular weight excluding hydrogens is 269 g/mol. The van der Waals surface area contributed by atoms with Crippen molar-refractivity contribution in [3.8, 4) is 0 Å². The number of cyclic esters (lactones) is 2. The highest BCUT2D eigenvalue weighted by atomic mass is 19.4. The number of halogens is 3. The van der Waals surface area contributed by atoms with Gasteiger partial charge in [0.15, 0.2) is 0 Å². The molecule has 0 saturated carbocycles. The molecule has 9 heteroatoms. The lowest BCUT2D eigenvalue weighted by Gasteiger charge is -2.08. The van der Waals surface area contributed by atoms with Gasteiger partial charge in [-0.15, -0.1) is 0 Å². The third kappa shape index (κ3) is 5.14. The van der Waals surface area contributed by atoms with Gasteiger partial charge in [-0.2, -0.15) is 13.2 Å². The summed E-state index contributed by atoms with van der Waals surface area (Å²) in [5.41, 5.74) is 0. The second kappa shape index (κ2) is 6.39. The molecule has 1 rings (SSSR count). The molecule has 0 spiro atoms. The number of hydrogen-bond donors (Lipinski definition) is 2. The Morgan fingerprint density at radius 1 is 1.26 bits per heavy atom. The van der Waals surface area contributed by atoms with Gasteiger partial charge < -0.3 is 15.4 Å². The SMILES string of the molecule is O=C1N[C@@H](CCCCCNC(=O)C(F)(F)F)C(=O)O1. The summed E-state index contributed by atoms with van der Waals surface area (Å²) < 4.78 is 39.7. The van der Waals surface area contributed by atoms with E-state index in [1.165, 1.54) is 0 Å². The molecule has 0 aromatic heterocycles. The predicted molar refractivity (Wildman–Crippen MR) is 55.9 cm³/mol. The summed E-state index contributed by atoms with van der Waals surface area (Å²) in [6.45, 7) is -0.0835. The Bertz CT molecular complexity index is 370. The quantitative estimate of drug-likeness (QED) is 0.430. The lowest BCUT2D eigenvalue weighted by atomic mass is 10.1. The van der Waals surface area contributed by atoms with E-state index in [4.69, 9.17) is 0 Å². The van der Waals surface area contributed by atoms with Gasteiger partial charge in [0, 0.05) is 6.54 Å². The summed E-state index contributed by atoms with van der Waals surface area (Å²) in [5.74, 6) is -2.60. The molecular formula is C10H13F3N2O4. The number of alkyl carbamates (subject to hydrolysis) is 1. The lowest BCUT2D eigenvalue weighted by Crippen LogP contribution is -2.37. The van der Waals surface area contributed by atoms with E-state index in [-0.39, 0.29) is 6.54 Å². The van der Waals surface area contributed by atoms with Gasteiger partial charge in [-0.3, -0.25) is 4.79 Å². The molecule has 1 aliphatic heterocycles. The molecule has 6 nitrogen and oxygen atoms in total. The van der Waals surface area contributed by atoms with Crippen LogP contribution in [0.3, 0.4) is 0 Å². The third-order valence-corrected chi connectivity index (χ3v) is 2.48. The van der Waals surface area contributed by atoms with E-state index in [0.29, 0.717) is 25.7 Å². The Balaban J connectivity index is 2.05. The number of unbranched alkanes of at least 4 members (excludes halogenated alkanes) is 2. The molecule has 1 fully saturated rings. The molecule has 108 valence electrons. The van der Waals surface area contributed by atoms with E-state index < -0.39 is 30.2 Å². The zero-order valence-electron chi connectivity index (χ0n) is 9.88. The van der Waals surface area contributed by atoms with Crippen LogP contribution in [0.25, 0.3) is 0 Å². The Kier molecular flexibility index (Phi) is 5.13. The zero-order valence-corrected chi connectivity index (χ0v) is 9.88. The fourth-order valence-electron chi connectivity index (χ4n) is 1.54. The van der Waals surface area contributed by atoms with Crippen molar-refractivity contribution in [2.24, 2.45) is 0 Å². The van der Waals surface area contributed by atoms with Crippen molar-refractivity contribution in [2.45, 2.75) is 37.9 Å². The summed E-state index contributed by atoms with van der Waals surface area (Å²) in [7, 11) is 0. The zero-order chi connectivity index (χ0) is 14.5. The first-order valence-electron chi connectivity index (χ1n) is 5.68. The van der Waals surface area contributed by atoms with E-state index in [2.05, 4.69) is 10.1 Å². The maximum atomic E-state index is 11.8. The van der Waals surface area contributed by atoms with Crippen molar-refractivity contribution >= 4 is 18.0 Å². The molecule has 1 atom stereocenters. The van der Waals surface area contributed by atoms with Gasteiger partial charge in [0.05, 0.1) is 0 Å². The van der Waals surface area contributed by atoms with Crippen molar-refractivity contribution in [3.63, 3.8) is 0 Å². The molecule has 0 aromatic carbocycles. The summed E-state index contributed by atoms with van der Waals surface area (Å²) in [5, 5.41) is 4.05. The molecule has 2 N–H and O–H groups in total. The van der Waals surface area contributed by atoms with Gasteiger partial charge in [-0.25, -0.2) is 9.59 Å². The minimum atomic E-state index is -4.86. The minimum absolute atomic E-state index is 0.0835. The second-order valence-electron chi connectivity index (χ2n) is 4.01. The highest BCUT2D eigenvalue weighted by Crippen LogP contribution is 2.14. The number of esters is 1. The van der Waals surface area contributed by atoms with Crippen LogP contribution in [0.5, 0.6) is 0 Å². The number of nitrogens with one attached hydrogen (secondary N) is 2. The molecule has 19 heavy (non-hydrogen) atoms. The first-order chi connectivity index (χ1) is 8.80. The summed E-state index contributed by atoms with van der Waals surface area (Å²) >= 11 is 0. The second-order valence-corrected chi connectivity index (χ2v) is 4.01. The maximum Gasteiger partial charge on any atom is 0.471 e. The van der Waals surface area contributed by atoms with Crippen molar-refractivity contribution in [2.75, 3.05) is 6.54 Å². The topological polar surface area (TPSA) is 84.5 Å². The summed E-state index contributed by atoms with van der Waals surface area (Å²) in [6.07, 6.45) is -3.88. The fraction of sp³-hybridized carbons (Fsp3) is 0.700. The Hall–Kier alpha value is -1.80. The largest absolute Gasteiger partial charge is 0.471 e. The Labute approximate surface area is 106 Å². The first kappa shape index (κ1) is 15.3. The number of hydrogen-bond acceptors (Lipinski definition) is 4. The molecule has 0 bridgehead atoms. The molecule has 0 aromatic rings. The number of carbonyl (C=O) groups is 3. The van der Waals surface area contributed by atoms with Gasteiger partial charge in [0.2, 0.25) is 0 Å². The maximum absolute atomic E-state index is 11.8. The lowest BCUT2D eigenvalue weighted by molar-refractivity contribution is -0.173. The van der Waals surface area contributed by atoms with E-state index in [1.807, 2.05) is 0 Å². The number of amides is 2. The highest BCUT2D eigenvalue weighted by molar-refractivity contribution is 5.95. The third-order valence-electron chi connectivity index (χ3n) is 2.48. The highest BCUT2D eigenvalue weighted by Gasteiger charge is 2.38. The van der Waals surface area contributed by atoms with E-state index in [1.54, 1.807) is 5.32 Å². The summed E-state index contributed by atoms with van der Waals surface area (Å²) in [4.78, 5) is 32.1. The van der Waals surface area contributed by atoms with E-state index in [9.17, 15) is 27.6 Å². The van der Waals surface area contributed by atoms with Crippen molar-refractivity contribution < 1.29 is 32.3 Å². The van der Waals surface area contributed by atoms with Crippen molar-refractivity contribution in [1.82, 2.24) is 10.6 Å². The average Bonchev–Trinajstić information content (AvgIpc) is 2.60. The molecule has 0 radical (unpaired) electrons. The predicted octanol–water partition coefficient (Wildman–Crippen LogP) is 0.860. The summed E-state index contributed by atoms with van der Waals surface area (Å²) in [6, 6.07) is -0.683. The first-order valence-corrected chi connectivity index (χ1v) is 5.68. The Morgan fingerprint density at radius 3 is 2.47 bits per heavy atom. The van der Waals surface area contributed by atoms with E-state index >= 15 is 0 Å². The van der Waals surface area contributed by atoms with Crippen LogP contribution in [0, 0.1) is 0 Å². The number of alkyl halides is 3. The van der Waals surface area contributed by atoms with Crippen LogP contribution >= 0.6 is 0 Å². The van der Waals surface area contributed by atoms with Gasteiger partial charge in [-0.1, -0.05) is 12.8 Å². The standard InChI is InChI=1S/C10H13F3N2O4/c11-10(12,13)8(17)14-5-3-1-2-4-6-7(16)19-9(18)15-6/h6H,1-5H2,(H,14,17)(H,15,18)/t6-/m0/s1. The van der Waals surface area contributed by atoms with E-state index in [0.717, 1.165) is 0 Å². The van der Waals surface area contributed by atoms with Crippen LogP contribution in [-0.2, 0) is 14.3 Å². The molecule has 1 aliphatic rings. The van der Waals surface area contributed by atoms with Gasteiger partial charge in [0.1, 0.15) is 6.04 Å². The molecule has 1 heterocycles. The van der Waals surface area contributed by atoms with Crippen LogP contribution in [0.4, 0.5) is 18.0 Å². The molecule has 0 aliphatic carbocycles. The monoisotopic (exact) mass is 282 g/mol. The van der Waals surface area contributed by atoms with Gasteiger partial charge in [-0.05, 0) is 12.8 Å². The number of carbonyl (C=O) groups excluding carboxylic acids is 3. The average molecular weight is 282 g/mol. The molecule has 2 amide bonds. The van der Waals surface area contributed by atoms with Crippen LogP contribution in [0.15, 0.2) is 0 Å². The van der Waals surface area contributed by atoms with Gasteiger partial charge in [0.25, 0.3) is 0 Å². The minimum Gasteiger partial charge on any atom is -0.375 e. The van der Waals surface area contributed by atoms with Crippen molar-refractivity contribution in [1.29, 1.82) is 0 Å². The van der Waals surface area contributed by atoms with Crippen LogP contribution in [0.2, 0.25) is 0 Å². The Morgan fingerprint density at radius 2 is 1.95 bits per heavy atom. The number of rotatable bonds is 6. The molecule has 1 saturated heterocycles. The smallest absolute Gasteiger partial charge is 0.375 e. The van der Waals surface area contributed by atoms with Gasteiger partial charge >= 0.3 is 24.1 Å². The van der Waals surface area contributed by atoms with Crippen molar-refractivity contribution in [3.05, 3.63) is 0 Å².